The minimum absolute atomic E-state index is 0.637. The maximum absolute atomic E-state index is 9.77. The van der Waals surface area contributed by atoms with Gasteiger partial charge in [-0.1, -0.05) is 36.4 Å². The van der Waals surface area contributed by atoms with E-state index in [2.05, 4.69) is 40.2 Å². The zero-order valence-corrected chi connectivity index (χ0v) is 17.9. The molecule has 0 radical (unpaired) electrons. The zero-order valence-electron chi connectivity index (χ0n) is 17.1. The predicted molar refractivity (Wildman–Crippen MR) is 120 cm³/mol. The molecule has 1 aromatic heterocycles. The number of rotatable bonds is 6. The van der Waals surface area contributed by atoms with Gasteiger partial charge in [0.25, 0.3) is 0 Å². The number of nitrogens with zero attached hydrogens (tertiary/aromatic N) is 3. The number of aliphatic imine (C=N–C) groups is 1. The summed E-state index contributed by atoms with van der Waals surface area (Å²) in [6.45, 7) is 2.71. The van der Waals surface area contributed by atoms with Crippen LogP contribution in [0.1, 0.15) is 27.1 Å². The van der Waals surface area contributed by atoms with E-state index in [1.54, 1.807) is 31.8 Å². The van der Waals surface area contributed by atoms with Crippen LogP contribution < -0.4 is 9.47 Å². The number of methoxy groups -OCH3 is 2. The Morgan fingerprint density at radius 3 is 2.70 bits per heavy atom. The van der Waals surface area contributed by atoms with Gasteiger partial charge in [-0.05, 0) is 29.7 Å². The molecule has 1 aliphatic rings. The van der Waals surface area contributed by atoms with E-state index in [1.807, 2.05) is 24.3 Å². The molecule has 4 rings (SSSR count). The van der Waals surface area contributed by atoms with E-state index in [9.17, 15) is 5.26 Å². The highest BCUT2D eigenvalue weighted by atomic mass is 32.1. The topological polar surface area (TPSA) is 57.8 Å². The largest absolute Gasteiger partial charge is 0.493 e. The second-order valence-corrected chi connectivity index (χ2v) is 8.17. The molecule has 30 heavy (non-hydrogen) atoms. The van der Waals surface area contributed by atoms with E-state index in [4.69, 9.17) is 9.47 Å². The van der Waals surface area contributed by atoms with E-state index in [0.717, 1.165) is 42.2 Å². The fourth-order valence-electron chi connectivity index (χ4n) is 3.77. The average Bonchev–Trinajstić information content (AvgIpc) is 3.14. The van der Waals surface area contributed by atoms with Gasteiger partial charge in [-0.3, -0.25) is 4.90 Å². The SMILES string of the molecule is COc1cccc(C=Nc2sc3c(c2C#N)CCN(Cc2ccccc2)C3)c1OC. The molecule has 3 aromatic rings. The number of hydrogen-bond acceptors (Lipinski definition) is 6. The van der Waals surface area contributed by atoms with Crippen molar-refractivity contribution in [1.82, 2.24) is 4.90 Å². The van der Waals surface area contributed by atoms with E-state index in [-0.39, 0.29) is 0 Å². The van der Waals surface area contributed by atoms with Gasteiger partial charge in [0, 0.05) is 36.3 Å². The maximum Gasteiger partial charge on any atom is 0.169 e. The molecule has 2 aromatic carbocycles. The number of ether oxygens (including phenoxy) is 2. The van der Waals surface area contributed by atoms with Crippen molar-refractivity contribution in [2.24, 2.45) is 4.99 Å². The van der Waals surface area contributed by atoms with Crippen molar-refractivity contribution in [3.8, 4) is 17.6 Å². The molecule has 0 bridgehead atoms. The van der Waals surface area contributed by atoms with E-state index in [0.29, 0.717) is 17.1 Å². The summed E-state index contributed by atoms with van der Waals surface area (Å²) in [5, 5.41) is 10.5. The highest BCUT2D eigenvalue weighted by molar-refractivity contribution is 7.16. The standard InChI is InChI=1S/C24H23N3O2S/c1-28-21-10-6-9-18(23(21)29-2)14-26-24-20(13-25)19-11-12-27(16-22(19)30-24)15-17-7-4-3-5-8-17/h3-10,14H,11-12,15-16H2,1-2H3. The Kier molecular flexibility index (Phi) is 6.12. The number of fused-ring (bicyclic) bond motifs is 1. The molecule has 5 nitrogen and oxygen atoms in total. The van der Waals surface area contributed by atoms with Gasteiger partial charge in [-0.15, -0.1) is 11.3 Å². The van der Waals surface area contributed by atoms with Gasteiger partial charge in [0.05, 0.1) is 19.8 Å². The van der Waals surface area contributed by atoms with Crippen molar-refractivity contribution >= 4 is 22.6 Å². The molecule has 0 atom stereocenters. The molecule has 0 aliphatic carbocycles. The molecule has 0 unspecified atom stereocenters. The van der Waals surface area contributed by atoms with Crippen molar-refractivity contribution in [2.45, 2.75) is 19.5 Å². The molecule has 0 saturated carbocycles. The van der Waals surface area contributed by atoms with Crippen LogP contribution in [-0.2, 0) is 19.5 Å². The molecular formula is C24H23N3O2S. The monoisotopic (exact) mass is 417 g/mol. The number of thiophene rings is 1. The molecule has 0 spiro atoms. The number of hydrogen-bond donors (Lipinski definition) is 0. The lowest BCUT2D eigenvalue weighted by atomic mass is 10.0. The molecule has 6 heteroatoms. The summed E-state index contributed by atoms with van der Waals surface area (Å²) in [4.78, 5) is 8.32. The normalized spacial score (nSPS) is 13.8. The van der Waals surface area contributed by atoms with Crippen molar-refractivity contribution in [3.05, 3.63) is 75.7 Å². The van der Waals surface area contributed by atoms with Crippen LogP contribution in [0.4, 0.5) is 5.00 Å². The molecule has 0 saturated heterocycles. The number of benzene rings is 2. The lowest BCUT2D eigenvalue weighted by Crippen LogP contribution is -2.29. The maximum atomic E-state index is 9.77. The Bertz CT molecular complexity index is 1100. The fourth-order valence-corrected chi connectivity index (χ4v) is 4.95. The van der Waals surface area contributed by atoms with Crippen LogP contribution in [0.25, 0.3) is 0 Å². The first kappa shape index (κ1) is 20.1. The summed E-state index contributed by atoms with van der Waals surface area (Å²) in [5.74, 6) is 1.29. The van der Waals surface area contributed by atoms with Crippen molar-refractivity contribution in [3.63, 3.8) is 0 Å². The Morgan fingerprint density at radius 1 is 1.13 bits per heavy atom. The third kappa shape index (κ3) is 4.09. The number of para-hydroxylation sites is 1. The van der Waals surface area contributed by atoms with E-state index in [1.165, 1.54) is 10.4 Å². The molecule has 0 amide bonds. The van der Waals surface area contributed by atoms with Gasteiger partial charge in [0.1, 0.15) is 11.1 Å². The van der Waals surface area contributed by atoms with Crippen LogP contribution in [0.15, 0.2) is 53.5 Å². The smallest absolute Gasteiger partial charge is 0.169 e. The zero-order chi connectivity index (χ0) is 20.9. The lowest BCUT2D eigenvalue weighted by molar-refractivity contribution is 0.249. The van der Waals surface area contributed by atoms with Crippen LogP contribution in [0, 0.1) is 11.3 Å². The molecule has 0 N–H and O–H groups in total. The minimum atomic E-state index is 0.637. The first-order chi connectivity index (χ1) is 14.7. The first-order valence-corrected chi connectivity index (χ1v) is 10.6. The van der Waals surface area contributed by atoms with Gasteiger partial charge in [-0.2, -0.15) is 5.26 Å². The summed E-state index contributed by atoms with van der Waals surface area (Å²) in [6, 6.07) is 18.5. The number of nitriles is 1. The quantitative estimate of drug-likeness (QED) is 0.533. The fraction of sp³-hybridized carbons (Fsp3) is 0.250. The molecule has 2 heterocycles. The molecule has 152 valence electrons. The Hall–Kier alpha value is -3.14. The van der Waals surface area contributed by atoms with Gasteiger partial charge in [0.15, 0.2) is 11.5 Å². The Labute approximate surface area is 180 Å². The van der Waals surface area contributed by atoms with Crippen molar-refractivity contribution < 1.29 is 9.47 Å². The summed E-state index contributed by atoms with van der Waals surface area (Å²) < 4.78 is 10.8. The van der Waals surface area contributed by atoms with E-state index < -0.39 is 0 Å². The second-order valence-electron chi connectivity index (χ2n) is 7.08. The highest BCUT2D eigenvalue weighted by Gasteiger charge is 2.24. The summed E-state index contributed by atoms with van der Waals surface area (Å²) >= 11 is 1.61. The first-order valence-electron chi connectivity index (χ1n) is 9.79. The third-order valence-electron chi connectivity index (χ3n) is 5.23. The predicted octanol–water partition coefficient (Wildman–Crippen LogP) is 4.95. The molecular weight excluding hydrogens is 394 g/mol. The molecule has 0 fully saturated rings. The van der Waals surface area contributed by atoms with Gasteiger partial charge < -0.3 is 9.47 Å². The third-order valence-corrected chi connectivity index (χ3v) is 6.36. The van der Waals surface area contributed by atoms with Crippen LogP contribution in [0.3, 0.4) is 0 Å². The summed E-state index contributed by atoms with van der Waals surface area (Å²) in [5.41, 5.74) is 3.98. The van der Waals surface area contributed by atoms with E-state index >= 15 is 0 Å². The van der Waals surface area contributed by atoms with Crippen LogP contribution in [-0.4, -0.2) is 31.9 Å². The van der Waals surface area contributed by atoms with Crippen molar-refractivity contribution in [2.75, 3.05) is 20.8 Å². The molecule has 1 aliphatic heterocycles. The van der Waals surface area contributed by atoms with Crippen molar-refractivity contribution in [1.29, 1.82) is 5.26 Å². The summed E-state index contributed by atoms with van der Waals surface area (Å²) in [7, 11) is 3.22. The highest BCUT2D eigenvalue weighted by Crippen LogP contribution is 2.39. The Balaban J connectivity index is 1.58. The minimum Gasteiger partial charge on any atom is -0.493 e. The second kappa shape index (κ2) is 9.12. The van der Waals surface area contributed by atoms with Crippen LogP contribution >= 0.6 is 11.3 Å². The lowest BCUT2D eigenvalue weighted by Gasteiger charge is -2.26. The van der Waals surface area contributed by atoms with Gasteiger partial charge in [-0.25, -0.2) is 4.99 Å². The van der Waals surface area contributed by atoms with Gasteiger partial charge in [0.2, 0.25) is 0 Å². The average molecular weight is 418 g/mol. The summed E-state index contributed by atoms with van der Waals surface area (Å²) in [6.07, 6.45) is 2.63. The van der Waals surface area contributed by atoms with Crippen LogP contribution in [0.2, 0.25) is 0 Å². The Morgan fingerprint density at radius 2 is 1.97 bits per heavy atom. The van der Waals surface area contributed by atoms with Gasteiger partial charge >= 0.3 is 0 Å². The van der Waals surface area contributed by atoms with Crippen LogP contribution in [0.5, 0.6) is 11.5 Å².